The van der Waals surface area contributed by atoms with Crippen molar-refractivity contribution >= 4 is 34.7 Å². The molecule has 0 bridgehead atoms. The molecule has 0 unspecified atom stereocenters. The average molecular weight is 449 g/mol. The number of likely N-dealkylation sites (tertiary alicyclic amines) is 1. The van der Waals surface area contributed by atoms with Crippen molar-refractivity contribution in [3.8, 4) is 0 Å². The summed E-state index contributed by atoms with van der Waals surface area (Å²) in [5.41, 5.74) is 0.943. The second-order valence-electron chi connectivity index (χ2n) is 7.76. The number of hydrogen-bond acceptors (Lipinski definition) is 6. The summed E-state index contributed by atoms with van der Waals surface area (Å²) in [5.74, 6) is -1.08. The van der Waals surface area contributed by atoms with Gasteiger partial charge in [-0.1, -0.05) is 55.4 Å². The van der Waals surface area contributed by atoms with Gasteiger partial charge in [-0.15, -0.1) is 0 Å². The fourth-order valence-corrected chi connectivity index (χ4v) is 4.73. The smallest absolute Gasteiger partial charge is 0.325 e. The Hall–Kier alpha value is -2.35. The minimum atomic E-state index is -0.718. The predicted molar refractivity (Wildman–Crippen MR) is 120 cm³/mol. The van der Waals surface area contributed by atoms with Crippen molar-refractivity contribution in [2.24, 2.45) is 0 Å². The molecule has 1 aromatic rings. The lowest BCUT2D eigenvalue weighted by molar-refractivity contribution is -0.149. The van der Waals surface area contributed by atoms with Crippen LogP contribution in [0.3, 0.4) is 0 Å². The lowest BCUT2D eigenvalue weighted by atomic mass is 10.0. The molecule has 7 nitrogen and oxygen atoms in total. The first-order valence-corrected chi connectivity index (χ1v) is 11.6. The lowest BCUT2D eigenvalue weighted by Crippen LogP contribution is -2.53. The lowest BCUT2D eigenvalue weighted by Gasteiger charge is -2.31. The zero-order chi connectivity index (χ0) is 22.8. The quantitative estimate of drug-likeness (QED) is 0.584. The zero-order valence-electron chi connectivity index (χ0n) is 18.5. The van der Waals surface area contributed by atoms with Crippen molar-refractivity contribution < 1.29 is 23.9 Å². The van der Waals surface area contributed by atoms with Crippen LogP contribution in [0, 0.1) is 0 Å². The van der Waals surface area contributed by atoms with Crippen LogP contribution >= 0.6 is 11.8 Å². The van der Waals surface area contributed by atoms with E-state index >= 15 is 0 Å². The molecule has 170 valence electrons. The number of rotatable bonds is 9. The highest BCUT2D eigenvalue weighted by atomic mass is 32.2. The third-order valence-corrected chi connectivity index (χ3v) is 6.38. The van der Waals surface area contributed by atoms with Gasteiger partial charge >= 0.3 is 5.97 Å². The van der Waals surface area contributed by atoms with E-state index in [0.717, 1.165) is 43.0 Å². The molecule has 1 aliphatic rings. The molecular formula is C23H32N2O5S. The Morgan fingerprint density at radius 3 is 2.55 bits per heavy atom. The van der Waals surface area contributed by atoms with Gasteiger partial charge in [-0.2, -0.15) is 0 Å². The van der Waals surface area contributed by atoms with Gasteiger partial charge < -0.3 is 15.0 Å². The molecule has 1 fully saturated rings. The van der Waals surface area contributed by atoms with E-state index in [9.17, 15) is 19.2 Å². The summed E-state index contributed by atoms with van der Waals surface area (Å²) in [6.45, 7) is 3.35. The molecule has 1 aromatic carbocycles. The van der Waals surface area contributed by atoms with E-state index in [1.165, 1.54) is 14.0 Å². The van der Waals surface area contributed by atoms with Gasteiger partial charge in [-0.25, -0.2) is 0 Å². The molecule has 2 rings (SSSR count). The molecule has 3 atom stereocenters. The van der Waals surface area contributed by atoms with Crippen molar-refractivity contribution in [2.75, 3.05) is 13.7 Å². The highest BCUT2D eigenvalue weighted by molar-refractivity contribution is 8.14. The number of carbonyl (C=O) groups excluding carboxylic acids is 4. The van der Waals surface area contributed by atoms with Crippen LogP contribution in [-0.4, -0.2) is 58.8 Å². The van der Waals surface area contributed by atoms with Crippen LogP contribution in [-0.2, 0) is 30.3 Å². The SMILES string of the molecule is CCC[C@H]1CCC[C@H](NC(=O)[C@H](Cc2ccccc2)SC(C)=O)C(=O)N1CC(=O)OC. The van der Waals surface area contributed by atoms with Crippen LogP contribution in [0.2, 0.25) is 0 Å². The van der Waals surface area contributed by atoms with Crippen LogP contribution in [0.5, 0.6) is 0 Å². The standard InChI is InChI=1S/C23H32N2O5S/c1-4-9-18-12-8-13-19(23(29)25(18)15-21(27)30-3)24-22(28)20(31-16(2)26)14-17-10-6-5-7-11-17/h5-7,10-11,18-20H,4,8-9,12-15H2,1-3H3,(H,24,28)/t18-,19-,20-/m0/s1. The zero-order valence-corrected chi connectivity index (χ0v) is 19.3. The third-order valence-electron chi connectivity index (χ3n) is 5.38. The van der Waals surface area contributed by atoms with Crippen LogP contribution in [0.25, 0.3) is 0 Å². The van der Waals surface area contributed by atoms with Gasteiger partial charge in [-0.05, 0) is 37.7 Å². The number of hydrogen-bond donors (Lipinski definition) is 1. The molecular weight excluding hydrogens is 416 g/mol. The fraction of sp³-hybridized carbons (Fsp3) is 0.565. The van der Waals surface area contributed by atoms with Crippen molar-refractivity contribution in [2.45, 2.75) is 69.7 Å². The Balaban J connectivity index is 2.16. The van der Waals surface area contributed by atoms with Gasteiger partial charge in [0.05, 0.1) is 12.4 Å². The summed E-state index contributed by atoms with van der Waals surface area (Å²) in [6.07, 6.45) is 4.12. The van der Waals surface area contributed by atoms with Crippen LogP contribution in [0.4, 0.5) is 0 Å². The second-order valence-corrected chi connectivity index (χ2v) is 9.14. The number of thioether (sulfide) groups is 1. The number of nitrogens with one attached hydrogen (secondary N) is 1. The number of nitrogens with zero attached hydrogens (tertiary/aromatic N) is 1. The van der Waals surface area contributed by atoms with Crippen molar-refractivity contribution in [1.29, 1.82) is 0 Å². The van der Waals surface area contributed by atoms with Gasteiger partial charge in [-0.3, -0.25) is 19.2 Å². The average Bonchev–Trinajstić information content (AvgIpc) is 2.88. The van der Waals surface area contributed by atoms with Crippen molar-refractivity contribution in [3.63, 3.8) is 0 Å². The number of benzene rings is 1. The molecule has 1 heterocycles. The van der Waals surface area contributed by atoms with E-state index in [1.54, 1.807) is 4.90 Å². The molecule has 1 aliphatic heterocycles. The maximum absolute atomic E-state index is 13.3. The van der Waals surface area contributed by atoms with Gasteiger partial charge in [0.2, 0.25) is 11.8 Å². The topological polar surface area (TPSA) is 92.8 Å². The van der Waals surface area contributed by atoms with E-state index < -0.39 is 17.3 Å². The van der Waals surface area contributed by atoms with Crippen LogP contribution < -0.4 is 5.32 Å². The highest BCUT2D eigenvalue weighted by Gasteiger charge is 2.36. The third kappa shape index (κ3) is 7.69. The maximum atomic E-state index is 13.3. The van der Waals surface area contributed by atoms with E-state index in [1.807, 2.05) is 37.3 Å². The molecule has 2 amide bonds. The number of ether oxygens (including phenoxy) is 1. The monoisotopic (exact) mass is 448 g/mol. The van der Waals surface area contributed by atoms with Crippen molar-refractivity contribution in [3.05, 3.63) is 35.9 Å². The van der Waals surface area contributed by atoms with Crippen LogP contribution in [0.1, 0.15) is 51.5 Å². The first kappa shape index (κ1) is 24.9. The maximum Gasteiger partial charge on any atom is 0.325 e. The molecule has 0 spiro atoms. The normalized spacial score (nSPS) is 20.0. The fourth-order valence-electron chi connectivity index (χ4n) is 3.88. The van der Waals surface area contributed by atoms with Gasteiger partial charge in [0.15, 0.2) is 5.12 Å². The van der Waals surface area contributed by atoms with Crippen molar-refractivity contribution in [1.82, 2.24) is 10.2 Å². The Kier molecular flexibility index (Phi) is 10.0. The number of esters is 1. The largest absolute Gasteiger partial charge is 0.468 e. The summed E-state index contributed by atoms with van der Waals surface area (Å²) in [7, 11) is 1.30. The molecule has 8 heteroatoms. The Bertz CT molecular complexity index is 770. The number of methoxy groups -OCH3 is 1. The summed E-state index contributed by atoms with van der Waals surface area (Å²) < 4.78 is 4.77. The van der Waals surface area contributed by atoms with Gasteiger partial charge in [0.25, 0.3) is 0 Å². The second kappa shape index (κ2) is 12.5. The highest BCUT2D eigenvalue weighted by Crippen LogP contribution is 2.23. The van der Waals surface area contributed by atoms with E-state index in [2.05, 4.69) is 5.32 Å². The molecule has 1 N–H and O–H groups in total. The van der Waals surface area contributed by atoms with Gasteiger partial charge in [0.1, 0.15) is 12.6 Å². The summed E-state index contributed by atoms with van der Waals surface area (Å²) in [4.78, 5) is 51.5. The summed E-state index contributed by atoms with van der Waals surface area (Å²) >= 11 is 0.971. The molecule has 0 saturated carbocycles. The van der Waals surface area contributed by atoms with E-state index in [-0.39, 0.29) is 29.5 Å². The first-order valence-electron chi connectivity index (χ1n) is 10.7. The minimum Gasteiger partial charge on any atom is -0.468 e. The van der Waals surface area contributed by atoms with E-state index in [0.29, 0.717) is 12.8 Å². The predicted octanol–water partition coefficient (Wildman–Crippen LogP) is 2.72. The molecule has 1 saturated heterocycles. The minimum absolute atomic E-state index is 0.0507. The first-order chi connectivity index (χ1) is 14.8. The summed E-state index contributed by atoms with van der Waals surface area (Å²) in [5, 5.41) is 2.08. The van der Waals surface area contributed by atoms with E-state index in [4.69, 9.17) is 4.74 Å². The Morgan fingerprint density at radius 1 is 1.23 bits per heavy atom. The van der Waals surface area contributed by atoms with Crippen LogP contribution in [0.15, 0.2) is 30.3 Å². The molecule has 31 heavy (non-hydrogen) atoms. The van der Waals surface area contributed by atoms with Gasteiger partial charge in [0, 0.05) is 13.0 Å². The Morgan fingerprint density at radius 2 is 1.94 bits per heavy atom. The molecule has 0 radical (unpaired) electrons. The number of carbonyl (C=O) groups is 4. The molecule has 0 aromatic heterocycles. The Labute approximate surface area is 188 Å². The molecule has 0 aliphatic carbocycles. The summed E-state index contributed by atoms with van der Waals surface area (Å²) in [6, 6.07) is 8.71. The number of amides is 2.